The molecule has 7 nitrogen and oxygen atoms in total. The molecule has 0 fully saturated rings. The Kier molecular flexibility index (Phi) is 12.1. The van der Waals surface area contributed by atoms with Crippen LogP contribution in [0, 0.1) is 0 Å². The van der Waals surface area contributed by atoms with Crippen LogP contribution in [-0.4, -0.2) is 31.2 Å². The van der Waals surface area contributed by atoms with Crippen LogP contribution in [-0.2, 0) is 19.1 Å². The molecule has 0 rings (SSSR count). The second-order valence-corrected chi connectivity index (χ2v) is 3.00. The van der Waals surface area contributed by atoms with Gasteiger partial charge in [0.2, 0.25) is 5.91 Å². The molecule has 7 heteroatoms. The Labute approximate surface area is 107 Å². The lowest BCUT2D eigenvalue weighted by Gasteiger charge is -2.12. The highest BCUT2D eigenvalue weighted by Crippen LogP contribution is 1.93. The van der Waals surface area contributed by atoms with E-state index in [1.165, 1.54) is 6.92 Å². The quantitative estimate of drug-likeness (QED) is 0.585. The summed E-state index contributed by atoms with van der Waals surface area (Å²) in [7, 11) is 1.13. The largest absolute Gasteiger partial charge is 0.508 e. The van der Waals surface area contributed by atoms with Gasteiger partial charge in [-0.15, -0.1) is 0 Å². The lowest BCUT2D eigenvalue weighted by Crippen LogP contribution is -2.46. The summed E-state index contributed by atoms with van der Waals surface area (Å²) in [6, 6.07) is 0. The summed E-state index contributed by atoms with van der Waals surface area (Å²) in [5.41, 5.74) is 4.31. The van der Waals surface area contributed by atoms with Crippen LogP contribution in [0.15, 0.2) is 0 Å². The molecule has 2 N–H and O–H groups in total. The monoisotopic (exact) mass is 262 g/mol. The molecule has 0 aliphatic heterocycles. The maximum atomic E-state index is 11.2. The Balaban J connectivity index is 0. The summed E-state index contributed by atoms with van der Waals surface area (Å²) in [6.45, 7) is 7.20. The lowest BCUT2D eigenvalue weighted by molar-refractivity contribution is -0.134. The second-order valence-electron chi connectivity index (χ2n) is 3.00. The molecular formula is C11H22N2O5. The number of carbonyl (C=O) groups excluding carboxylic acids is 3. The number of carbonyl (C=O) groups is 3. The maximum absolute atomic E-state index is 11.2. The topological polar surface area (TPSA) is 93.7 Å². The molecule has 0 aromatic carbocycles. The van der Waals surface area contributed by atoms with E-state index in [9.17, 15) is 14.4 Å². The molecule has 106 valence electrons. The van der Waals surface area contributed by atoms with E-state index in [-0.39, 0.29) is 5.91 Å². The predicted octanol–water partition coefficient (Wildman–Crippen LogP) is 1.13. The zero-order chi connectivity index (χ0) is 14.6. The third kappa shape index (κ3) is 9.44. The van der Waals surface area contributed by atoms with Gasteiger partial charge in [-0.25, -0.2) is 4.79 Å². The van der Waals surface area contributed by atoms with Gasteiger partial charge >= 0.3 is 6.16 Å². The highest BCUT2D eigenvalue weighted by molar-refractivity contribution is 5.85. The van der Waals surface area contributed by atoms with Crippen molar-refractivity contribution >= 4 is 18.0 Å². The number of methoxy groups -OCH3 is 1. The molecule has 18 heavy (non-hydrogen) atoms. The van der Waals surface area contributed by atoms with Crippen LogP contribution in [0.4, 0.5) is 4.79 Å². The summed E-state index contributed by atoms with van der Waals surface area (Å²) in [4.78, 5) is 32.9. The van der Waals surface area contributed by atoms with Gasteiger partial charge in [0.1, 0.15) is 0 Å². The Morgan fingerprint density at radius 2 is 1.72 bits per heavy atom. The smallest absolute Gasteiger partial charge is 0.438 e. The van der Waals surface area contributed by atoms with Crippen LogP contribution in [0.5, 0.6) is 0 Å². The number of hydrazine groups is 1. The molecule has 0 aliphatic carbocycles. The van der Waals surface area contributed by atoms with Crippen molar-refractivity contribution < 1.29 is 23.9 Å². The van der Waals surface area contributed by atoms with E-state index in [1.54, 1.807) is 0 Å². The Morgan fingerprint density at radius 1 is 1.17 bits per heavy atom. The first-order valence-corrected chi connectivity index (χ1v) is 5.84. The van der Waals surface area contributed by atoms with E-state index >= 15 is 0 Å². The van der Waals surface area contributed by atoms with E-state index in [1.807, 2.05) is 20.8 Å². The fraction of sp³-hybridized carbons (Fsp3) is 0.727. The summed E-state index contributed by atoms with van der Waals surface area (Å²) < 4.78 is 8.74. The van der Waals surface area contributed by atoms with E-state index in [0.717, 1.165) is 7.11 Å². The number of rotatable bonds is 4. The minimum Gasteiger partial charge on any atom is -0.438 e. The van der Waals surface area contributed by atoms with Crippen molar-refractivity contribution in [2.24, 2.45) is 0 Å². The molecule has 0 aromatic rings. The molecule has 0 saturated heterocycles. The van der Waals surface area contributed by atoms with Crippen molar-refractivity contribution in [1.82, 2.24) is 10.9 Å². The summed E-state index contributed by atoms with van der Waals surface area (Å²) >= 11 is 0. The molecule has 1 atom stereocenters. The van der Waals surface area contributed by atoms with E-state index in [2.05, 4.69) is 20.3 Å². The van der Waals surface area contributed by atoms with Crippen molar-refractivity contribution in [3.05, 3.63) is 0 Å². The fourth-order valence-corrected chi connectivity index (χ4v) is 0.768. The average Bonchev–Trinajstić information content (AvgIpc) is 2.38. The molecule has 0 spiro atoms. The Morgan fingerprint density at radius 3 is 2.17 bits per heavy atom. The normalized spacial score (nSPS) is 10.3. The average molecular weight is 262 g/mol. The molecule has 0 saturated carbocycles. The minimum atomic E-state index is -1.03. The maximum Gasteiger partial charge on any atom is 0.508 e. The van der Waals surface area contributed by atoms with Crippen LogP contribution in [0.2, 0.25) is 0 Å². The Bertz CT molecular complexity index is 268. The first-order valence-electron chi connectivity index (χ1n) is 5.84. The van der Waals surface area contributed by atoms with Gasteiger partial charge in [0.15, 0.2) is 6.10 Å². The minimum absolute atomic E-state index is 0.305. The number of ether oxygens (including phenoxy) is 2. The van der Waals surface area contributed by atoms with Crippen molar-refractivity contribution in [2.75, 3.05) is 7.11 Å². The molecule has 0 heterocycles. The molecular weight excluding hydrogens is 240 g/mol. The third-order valence-electron chi connectivity index (χ3n) is 1.61. The van der Waals surface area contributed by atoms with Crippen molar-refractivity contribution in [3.8, 4) is 0 Å². The van der Waals surface area contributed by atoms with Crippen molar-refractivity contribution in [2.45, 2.75) is 46.6 Å². The molecule has 2 amide bonds. The first-order chi connectivity index (χ1) is 8.51. The summed E-state index contributed by atoms with van der Waals surface area (Å²) in [5, 5.41) is 0. The predicted molar refractivity (Wildman–Crippen MR) is 65.5 cm³/mol. The van der Waals surface area contributed by atoms with Crippen LogP contribution < -0.4 is 10.9 Å². The van der Waals surface area contributed by atoms with Crippen LogP contribution >= 0.6 is 0 Å². The summed E-state index contributed by atoms with van der Waals surface area (Å²) in [5.74, 6) is -0.934. The second kappa shape index (κ2) is 11.7. The van der Waals surface area contributed by atoms with Gasteiger partial charge in [-0.05, 0) is 13.3 Å². The number of hydrogen-bond donors (Lipinski definition) is 2. The van der Waals surface area contributed by atoms with Gasteiger partial charge in [-0.3, -0.25) is 20.4 Å². The van der Waals surface area contributed by atoms with E-state index in [0.29, 0.717) is 12.8 Å². The van der Waals surface area contributed by atoms with Gasteiger partial charge < -0.3 is 9.47 Å². The van der Waals surface area contributed by atoms with E-state index in [4.69, 9.17) is 0 Å². The number of nitrogens with one attached hydrogen (secondary N) is 2. The van der Waals surface area contributed by atoms with Crippen molar-refractivity contribution in [1.29, 1.82) is 0 Å². The number of amides is 2. The lowest BCUT2D eigenvalue weighted by atomic mass is 10.3. The third-order valence-corrected chi connectivity index (χ3v) is 1.61. The molecule has 0 bridgehead atoms. The Hall–Kier alpha value is -1.79. The number of hydrogen-bond acceptors (Lipinski definition) is 5. The van der Waals surface area contributed by atoms with Crippen LogP contribution in [0.3, 0.4) is 0 Å². The molecule has 0 aromatic heterocycles. The SMILES string of the molecule is CC.CCCC(=O)NNC(=O)C(C)OC(=O)OC. The fourth-order valence-electron chi connectivity index (χ4n) is 0.768. The first kappa shape index (κ1) is 18.6. The standard InChI is InChI=1S/C9H16N2O5.C2H6/c1-4-5-7(12)10-11-8(13)6(2)16-9(14)15-3;1-2/h6H,4-5H2,1-3H3,(H,10,12)(H,11,13);1-2H3. The highest BCUT2D eigenvalue weighted by Gasteiger charge is 2.18. The van der Waals surface area contributed by atoms with Gasteiger partial charge in [0.25, 0.3) is 5.91 Å². The van der Waals surface area contributed by atoms with Gasteiger partial charge in [0, 0.05) is 6.42 Å². The van der Waals surface area contributed by atoms with Crippen LogP contribution in [0.25, 0.3) is 0 Å². The molecule has 1 unspecified atom stereocenters. The zero-order valence-electron chi connectivity index (χ0n) is 11.5. The molecule has 0 radical (unpaired) electrons. The van der Waals surface area contributed by atoms with E-state index < -0.39 is 18.2 Å². The summed E-state index contributed by atoms with van der Waals surface area (Å²) in [6.07, 6.45) is -1.00. The van der Waals surface area contributed by atoms with Gasteiger partial charge in [-0.1, -0.05) is 20.8 Å². The van der Waals surface area contributed by atoms with Crippen molar-refractivity contribution in [3.63, 3.8) is 0 Å². The van der Waals surface area contributed by atoms with Gasteiger partial charge in [-0.2, -0.15) is 0 Å². The zero-order valence-corrected chi connectivity index (χ0v) is 11.5. The van der Waals surface area contributed by atoms with Crippen LogP contribution in [0.1, 0.15) is 40.5 Å². The van der Waals surface area contributed by atoms with Gasteiger partial charge in [0.05, 0.1) is 7.11 Å². The highest BCUT2D eigenvalue weighted by atomic mass is 16.7. The molecule has 0 aliphatic rings.